The predicted octanol–water partition coefficient (Wildman–Crippen LogP) is 3.85. The summed E-state index contributed by atoms with van der Waals surface area (Å²) in [5.41, 5.74) is 1.14. The highest BCUT2D eigenvalue weighted by atomic mass is 32.2. The molecular weight excluding hydrogens is 554 g/mol. The van der Waals surface area contributed by atoms with Crippen LogP contribution >= 0.6 is 11.3 Å². The SMILES string of the molecule is CCOC(=O)Cn1c(=NC(=O)c2ccc(S(=O)(=O)N3CC(C)CC(C)C3)cc2)sc2cc(C(=O)OCC)ccc21. The Kier molecular flexibility index (Phi) is 9.22. The van der Waals surface area contributed by atoms with Crippen molar-refractivity contribution in [3.8, 4) is 0 Å². The Hall–Kier alpha value is -3.35. The van der Waals surface area contributed by atoms with Gasteiger partial charge >= 0.3 is 11.9 Å². The van der Waals surface area contributed by atoms with Crippen molar-refractivity contribution in [1.82, 2.24) is 8.87 Å². The molecule has 0 aliphatic carbocycles. The van der Waals surface area contributed by atoms with Crippen LogP contribution in [0, 0.1) is 11.8 Å². The Labute approximate surface area is 237 Å². The lowest BCUT2D eigenvalue weighted by Gasteiger charge is -2.34. The molecule has 0 saturated carbocycles. The number of sulfonamides is 1. The van der Waals surface area contributed by atoms with Gasteiger partial charge < -0.3 is 14.0 Å². The average Bonchev–Trinajstić information content (AvgIpc) is 3.24. The van der Waals surface area contributed by atoms with Crippen LogP contribution in [0.3, 0.4) is 0 Å². The molecule has 1 fully saturated rings. The lowest BCUT2D eigenvalue weighted by Crippen LogP contribution is -2.42. The van der Waals surface area contributed by atoms with Gasteiger partial charge in [0.15, 0.2) is 4.80 Å². The van der Waals surface area contributed by atoms with Crippen LogP contribution in [-0.2, 0) is 30.8 Å². The molecule has 1 aromatic heterocycles. The van der Waals surface area contributed by atoms with Gasteiger partial charge in [-0.15, -0.1) is 0 Å². The third-order valence-electron chi connectivity index (χ3n) is 6.56. The summed E-state index contributed by atoms with van der Waals surface area (Å²) in [7, 11) is -3.69. The van der Waals surface area contributed by atoms with Crippen LogP contribution < -0.4 is 4.80 Å². The van der Waals surface area contributed by atoms with Crippen LogP contribution in [0.15, 0.2) is 52.4 Å². The first-order valence-electron chi connectivity index (χ1n) is 13.2. The molecule has 2 aromatic carbocycles. The van der Waals surface area contributed by atoms with Crippen molar-refractivity contribution in [3.05, 3.63) is 58.4 Å². The molecule has 0 spiro atoms. The smallest absolute Gasteiger partial charge is 0.338 e. The number of aromatic nitrogens is 1. The third-order valence-corrected chi connectivity index (χ3v) is 9.45. The van der Waals surface area contributed by atoms with Crippen molar-refractivity contribution in [3.63, 3.8) is 0 Å². The Morgan fingerprint density at radius 2 is 1.57 bits per heavy atom. The van der Waals surface area contributed by atoms with E-state index in [0.717, 1.165) is 17.8 Å². The number of rotatable bonds is 8. The van der Waals surface area contributed by atoms with Gasteiger partial charge in [-0.3, -0.25) is 9.59 Å². The van der Waals surface area contributed by atoms with E-state index in [9.17, 15) is 22.8 Å². The number of carbonyl (C=O) groups is 3. The van der Waals surface area contributed by atoms with Gasteiger partial charge in [0.2, 0.25) is 10.0 Å². The summed E-state index contributed by atoms with van der Waals surface area (Å²) >= 11 is 1.14. The molecular formula is C28H33N3O7S2. The van der Waals surface area contributed by atoms with Gasteiger partial charge in [-0.05, 0) is 74.6 Å². The number of ether oxygens (including phenoxy) is 2. The second kappa shape index (κ2) is 12.4. The van der Waals surface area contributed by atoms with E-state index in [1.54, 1.807) is 36.6 Å². The Balaban J connectivity index is 1.67. The van der Waals surface area contributed by atoms with Gasteiger partial charge in [0, 0.05) is 18.7 Å². The number of nitrogens with zero attached hydrogens (tertiary/aromatic N) is 3. The summed E-state index contributed by atoms with van der Waals surface area (Å²) in [6, 6.07) is 10.6. The largest absolute Gasteiger partial charge is 0.465 e. The van der Waals surface area contributed by atoms with E-state index in [1.165, 1.54) is 28.6 Å². The van der Waals surface area contributed by atoms with Crippen molar-refractivity contribution in [1.29, 1.82) is 0 Å². The van der Waals surface area contributed by atoms with Crippen LogP contribution in [0.25, 0.3) is 10.2 Å². The minimum atomic E-state index is -3.69. The highest BCUT2D eigenvalue weighted by molar-refractivity contribution is 7.89. The monoisotopic (exact) mass is 587 g/mol. The Morgan fingerprint density at radius 1 is 0.950 bits per heavy atom. The molecule has 1 saturated heterocycles. The van der Waals surface area contributed by atoms with Gasteiger partial charge in [0.1, 0.15) is 6.54 Å². The van der Waals surface area contributed by atoms with Crippen molar-refractivity contribution in [2.75, 3.05) is 26.3 Å². The Morgan fingerprint density at radius 3 is 2.20 bits per heavy atom. The molecule has 10 nitrogen and oxygen atoms in total. The van der Waals surface area contributed by atoms with Crippen molar-refractivity contribution in [2.45, 2.75) is 45.6 Å². The number of esters is 2. The number of benzene rings is 2. The van der Waals surface area contributed by atoms with E-state index in [-0.39, 0.29) is 46.9 Å². The molecule has 4 rings (SSSR count). The average molecular weight is 588 g/mol. The minimum Gasteiger partial charge on any atom is -0.465 e. The molecule has 214 valence electrons. The number of fused-ring (bicyclic) bond motifs is 1. The maximum Gasteiger partial charge on any atom is 0.338 e. The zero-order valence-corrected chi connectivity index (χ0v) is 24.6. The van der Waals surface area contributed by atoms with Crippen LogP contribution in [-0.4, -0.2) is 61.4 Å². The molecule has 2 unspecified atom stereocenters. The summed E-state index contributed by atoms with van der Waals surface area (Å²) in [4.78, 5) is 42.3. The molecule has 3 aromatic rings. The van der Waals surface area contributed by atoms with Gasteiger partial charge in [0.05, 0.1) is 33.9 Å². The lowest BCUT2D eigenvalue weighted by atomic mass is 9.94. The van der Waals surface area contributed by atoms with E-state index in [2.05, 4.69) is 4.99 Å². The summed E-state index contributed by atoms with van der Waals surface area (Å²) < 4.78 is 40.3. The number of amides is 1. The molecule has 2 atom stereocenters. The maximum absolute atomic E-state index is 13.2. The normalized spacial score (nSPS) is 18.6. The van der Waals surface area contributed by atoms with Gasteiger partial charge in [-0.1, -0.05) is 25.2 Å². The number of hydrogen-bond acceptors (Lipinski definition) is 8. The molecule has 2 heterocycles. The summed E-state index contributed by atoms with van der Waals surface area (Å²) in [5.74, 6) is -1.03. The standard InChI is InChI=1S/C28H33N3O7S2/c1-5-37-25(32)17-31-23-12-9-21(27(34)38-6-2)14-24(23)39-28(31)29-26(33)20-7-10-22(11-8-20)40(35,36)30-15-18(3)13-19(4)16-30/h7-12,14,18-19H,5-6,13,15-17H2,1-4H3. The number of hydrogen-bond donors (Lipinski definition) is 0. The fraction of sp³-hybridized carbons (Fsp3) is 0.429. The first kappa shape index (κ1) is 29.6. The van der Waals surface area contributed by atoms with E-state index in [1.807, 2.05) is 13.8 Å². The lowest BCUT2D eigenvalue weighted by molar-refractivity contribution is -0.143. The highest BCUT2D eigenvalue weighted by Gasteiger charge is 2.31. The quantitative estimate of drug-likeness (QED) is 0.367. The van der Waals surface area contributed by atoms with Crippen LogP contribution in [0.5, 0.6) is 0 Å². The molecule has 0 radical (unpaired) electrons. The molecule has 1 aliphatic rings. The fourth-order valence-corrected chi connectivity index (χ4v) is 7.61. The molecule has 1 aliphatic heterocycles. The van der Waals surface area contributed by atoms with Crippen LogP contribution in [0.1, 0.15) is 54.8 Å². The second-order valence-electron chi connectivity index (χ2n) is 9.89. The summed E-state index contributed by atoms with van der Waals surface area (Å²) in [6.07, 6.45) is 0.985. The van der Waals surface area contributed by atoms with E-state index >= 15 is 0 Å². The maximum atomic E-state index is 13.2. The van der Waals surface area contributed by atoms with Gasteiger partial charge in [-0.2, -0.15) is 9.30 Å². The highest BCUT2D eigenvalue weighted by Crippen LogP contribution is 2.27. The zero-order valence-electron chi connectivity index (χ0n) is 23.0. The van der Waals surface area contributed by atoms with E-state index in [0.29, 0.717) is 28.9 Å². The van der Waals surface area contributed by atoms with Gasteiger partial charge in [-0.25, -0.2) is 13.2 Å². The van der Waals surface area contributed by atoms with Crippen LogP contribution in [0.2, 0.25) is 0 Å². The van der Waals surface area contributed by atoms with Crippen molar-refractivity contribution in [2.24, 2.45) is 16.8 Å². The molecule has 0 bridgehead atoms. The van der Waals surface area contributed by atoms with E-state index < -0.39 is 27.9 Å². The molecule has 1 amide bonds. The first-order valence-corrected chi connectivity index (χ1v) is 15.4. The summed E-state index contributed by atoms with van der Waals surface area (Å²) in [6.45, 7) is 8.68. The topological polar surface area (TPSA) is 124 Å². The van der Waals surface area contributed by atoms with E-state index in [4.69, 9.17) is 9.47 Å². The predicted molar refractivity (Wildman–Crippen MR) is 150 cm³/mol. The summed E-state index contributed by atoms with van der Waals surface area (Å²) in [5, 5.41) is 0. The minimum absolute atomic E-state index is 0.121. The van der Waals surface area contributed by atoms with Crippen molar-refractivity contribution >= 4 is 49.4 Å². The van der Waals surface area contributed by atoms with Crippen molar-refractivity contribution < 1.29 is 32.3 Å². The molecule has 12 heteroatoms. The van der Waals surface area contributed by atoms with Gasteiger partial charge in [0.25, 0.3) is 5.91 Å². The second-order valence-corrected chi connectivity index (χ2v) is 12.8. The molecule has 40 heavy (non-hydrogen) atoms. The Bertz CT molecular complexity index is 1580. The fourth-order valence-electron chi connectivity index (χ4n) is 4.86. The zero-order chi connectivity index (χ0) is 29.0. The number of piperidine rings is 1. The number of carbonyl (C=O) groups excluding carboxylic acids is 3. The third kappa shape index (κ3) is 6.51. The van der Waals surface area contributed by atoms with Crippen LogP contribution in [0.4, 0.5) is 0 Å². The molecule has 0 N–H and O–H groups in total. The number of thiazole rings is 1. The first-order chi connectivity index (χ1) is 19.0.